The van der Waals surface area contributed by atoms with Crippen LogP contribution in [0.15, 0.2) is 53.4 Å². The third kappa shape index (κ3) is 5.16. The zero-order chi connectivity index (χ0) is 20.9. The van der Waals surface area contributed by atoms with Crippen molar-refractivity contribution in [3.8, 4) is 0 Å². The number of hydrogen-bond acceptors (Lipinski definition) is 4. The van der Waals surface area contributed by atoms with E-state index in [1.807, 2.05) is 26.0 Å². The van der Waals surface area contributed by atoms with Gasteiger partial charge in [-0.15, -0.1) is 0 Å². The lowest BCUT2D eigenvalue weighted by Gasteiger charge is -2.26. The van der Waals surface area contributed by atoms with Crippen LogP contribution in [-0.4, -0.2) is 40.1 Å². The van der Waals surface area contributed by atoms with Gasteiger partial charge in [-0.1, -0.05) is 42.8 Å². The molecule has 1 heterocycles. The number of rotatable bonds is 8. The van der Waals surface area contributed by atoms with Crippen molar-refractivity contribution in [3.05, 3.63) is 59.7 Å². The normalized spacial score (nSPS) is 16.6. The Kier molecular flexibility index (Phi) is 6.92. The molecule has 1 saturated heterocycles. The average molecular weight is 417 g/mol. The van der Waals surface area contributed by atoms with Gasteiger partial charge in [0, 0.05) is 13.2 Å². The second-order valence-electron chi connectivity index (χ2n) is 7.25. The van der Waals surface area contributed by atoms with Gasteiger partial charge >= 0.3 is 0 Å². The van der Waals surface area contributed by atoms with Gasteiger partial charge in [0.2, 0.25) is 5.91 Å². The first-order valence-electron chi connectivity index (χ1n) is 9.97. The summed E-state index contributed by atoms with van der Waals surface area (Å²) in [5.41, 5.74) is 2.37. The summed E-state index contributed by atoms with van der Waals surface area (Å²) in [6.07, 6.45) is 2.56. The number of carbonyl (C=O) groups excluding carboxylic acids is 1. The van der Waals surface area contributed by atoms with E-state index in [9.17, 15) is 13.2 Å². The minimum atomic E-state index is -3.89. The molecular weight excluding hydrogens is 388 g/mol. The van der Waals surface area contributed by atoms with Crippen LogP contribution in [0.5, 0.6) is 0 Å². The van der Waals surface area contributed by atoms with E-state index in [1.165, 1.54) is 4.31 Å². The molecule has 0 spiro atoms. The van der Waals surface area contributed by atoms with Gasteiger partial charge in [0.1, 0.15) is 6.54 Å². The Morgan fingerprint density at radius 1 is 1.17 bits per heavy atom. The summed E-state index contributed by atoms with van der Waals surface area (Å²) in [6.45, 7) is 4.69. The van der Waals surface area contributed by atoms with Crippen LogP contribution in [0.3, 0.4) is 0 Å². The summed E-state index contributed by atoms with van der Waals surface area (Å²) in [7, 11) is -3.89. The molecule has 2 aromatic rings. The number of nitrogens with zero attached hydrogens (tertiary/aromatic N) is 1. The van der Waals surface area contributed by atoms with Crippen LogP contribution in [0.2, 0.25) is 0 Å². The summed E-state index contributed by atoms with van der Waals surface area (Å²) in [5.74, 6) is -0.345. The highest BCUT2D eigenvalue weighted by Gasteiger charge is 2.29. The van der Waals surface area contributed by atoms with Crippen molar-refractivity contribution in [1.82, 2.24) is 5.32 Å². The maximum absolute atomic E-state index is 13.4. The van der Waals surface area contributed by atoms with Crippen LogP contribution in [0.25, 0.3) is 0 Å². The SMILES string of the molecule is CCc1ccccc1N(CC(=O)NC[C@@H]1CCCO1)S(=O)(=O)c1ccc(C)cc1. The first kappa shape index (κ1) is 21.3. The summed E-state index contributed by atoms with van der Waals surface area (Å²) in [4.78, 5) is 12.8. The zero-order valence-corrected chi connectivity index (χ0v) is 17.7. The molecule has 1 aliphatic rings. The minimum Gasteiger partial charge on any atom is -0.376 e. The van der Waals surface area contributed by atoms with E-state index in [4.69, 9.17) is 4.74 Å². The molecule has 2 aromatic carbocycles. The maximum atomic E-state index is 13.4. The molecule has 156 valence electrons. The number of aryl methyl sites for hydroxylation is 2. The molecule has 29 heavy (non-hydrogen) atoms. The summed E-state index contributed by atoms with van der Waals surface area (Å²) in [5, 5.41) is 2.82. The van der Waals surface area contributed by atoms with Crippen molar-refractivity contribution in [2.45, 2.75) is 44.1 Å². The second-order valence-corrected chi connectivity index (χ2v) is 9.11. The highest BCUT2D eigenvalue weighted by atomic mass is 32.2. The molecule has 0 aromatic heterocycles. The minimum absolute atomic E-state index is 0.00373. The van der Waals surface area contributed by atoms with Crippen molar-refractivity contribution in [1.29, 1.82) is 0 Å². The van der Waals surface area contributed by atoms with E-state index in [1.54, 1.807) is 36.4 Å². The highest BCUT2D eigenvalue weighted by Crippen LogP contribution is 2.27. The van der Waals surface area contributed by atoms with Crippen LogP contribution >= 0.6 is 0 Å². The number of nitrogens with one attached hydrogen (secondary N) is 1. The average Bonchev–Trinajstić information content (AvgIpc) is 3.24. The van der Waals surface area contributed by atoms with Gasteiger partial charge in [0.25, 0.3) is 10.0 Å². The third-order valence-corrected chi connectivity index (χ3v) is 6.86. The largest absolute Gasteiger partial charge is 0.376 e. The zero-order valence-electron chi connectivity index (χ0n) is 16.9. The predicted octanol–water partition coefficient (Wildman–Crippen LogP) is 3.05. The lowest BCUT2D eigenvalue weighted by atomic mass is 10.1. The molecule has 0 unspecified atom stereocenters. The van der Waals surface area contributed by atoms with Gasteiger partial charge in [-0.05, 0) is 49.9 Å². The highest BCUT2D eigenvalue weighted by molar-refractivity contribution is 7.92. The lowest BCUT2D eigenvalue weighted by Crippen LogP contribution is -2.43. The smallest absolute Gasteiger partial charge is 0.264 e. The van der Waals surface area contributed by atoms with Crippen molar-refractivity contribution in [2.75, 3.05) is 24.0 Å². The number of anilines is 1. The third-order valence-electron chi connectivity index (χ3n) is 5.09. The Bertz CT molecular complexity index is 936. The fourth-order valence-corrected chi connectivity index (χ4v) is 4.87. The molecule has 3 rings (SSSR count). The van der Waals surface area contributed by atoms with Crippen LogP contribution in [0.4, 0.5) is 5.69 Å². The van der Waals surface area contributed by atoms with E-state index >= 15 is 0 Å². The molecule has 0 saturated carbocycles. The van der Waals surface area contributed by atoms with Gasteiger partial charge in [-0.2, -0.15) is 0 Å². The molecule has 1 fully saturated rings. The van der Waals surface area contributed by atoms with Crippen molar-refractivity contribution < 1.29 is 17.9 Å². The molecule has 0 radical (unpaired) electrons. The first-order valence-corrected chi connectivity index (χ1v) is 11.4. The van der Waals surface area contributed by atoms with Gasteiger partial charge in [0.15, 0.2) is 0 Å². The number of sulfonamides is 1. The first-order chi connectivity index (χ1) is 13.9. The Morgan fingerprint density at radius 3 is 2.55 bits per heavy atom. The fourth-order valence-electron chi connectivity index (χ4n) is 3.41. The van der Waals surface area contributed by atoms with Crippen LogP contribution in [0, 0.1) is 6.92 Å². The van der Waals surface area contributed by atoms with Crippen molar-refractivity contribution >= 4 is 21.6 Å². The van der Waals surface area contributed by atoms with Crippen molar-refractivity contribution in [3.63, 3.8) is 0 Å². The summed E-state index contributed by atoms with van der Waals surface area (Å²) < 4.78 is 33.6. The molecule has 0 aliphatic carbocycles. The van der Waals surface area contributed by atoms with Crippen LogP contribution in [-0.2, 0) is 26.0 Å². The number of para-hydroxylation sites is 1. The molecule has 7 heteroatoms. The molecule has 1 atom stereocenters. The van der Waals surface area contributed by atoms with Gasteiger partial charge in [-0.25, -0.2) is 8.42 Å². The Balaban J connectivity index is 1.89. The number of carbonyl (C=O) groups is 1. The van der Waals surface area contributed by atoms with Gasteiger partial charge < -0.3 is 10.1 Å². The fraction of sp³-hybridized carbons (Fsp3) is 0.409. The number of benzene rings is 2. The number of hydrogen-bond donors (Lipinski definition) is 1. The van der Waals surface area contributed by atoms with E-state index < -0.39 is 10.0 Å². The predicted molar refractivity (Wildman–Crippen MR) is 114 cm³/mol. The molecule has 6 nitrogen and oxygen atoms in total. The molecule has 1 aliphatic heterocycles. The van der Waals surface area contributed by atoms with Gasteiger partial charge in [0.05, 0.1) is 16.7 Å². The maximum Gasteiger partial charge on any atom is 0.264 e. The van der Waals surface area contributed by atoms with E-state index in [2.05, 4.69) is 5.32 Å². The standard InChI is InChI=1S/C22H28N2O4S/c1-3-18-7-4-5-9-21(18)24(16-22(25)23-15-19-8-6-14-28-19)29(26,27)20-12-10-17(2)11-13-20/h4-5,7,9-13,19H,3,6,8,14-16H2,1-2H3,(H,23,25)/t19-/m0/s1. The molecule has 1 amide bonds. The Hall–Kier alpha value is -2.38. The summed E-state index contributed by atoms with van der Waals surface area (Å²) in [6, 6.07) is 14.0. The number of ether oxygens (including phenoxy) is 1. The molecule has 1 N–H and O–H groups in total. The monoisotopic (exact) mass is 416 g/mol. The van der Waals surface area contributed by atoms with Crippen LogP contribution in [0.1, 0.15) is 30.9 Å². The lowest BCUT2D eigenvalue weighted by molar-refractivity contribution is -0.120. The van der Waals surface area contributed by atoms with Crippen LogP contribution < -0.4 is 9.62 Å². The topological polar surface area (TPSA) is 75.7 Å². The quantitative estimate of drug-likeness (QED) is 0.718. The summed E-state index contributed by atoms with van der Waals surface area (Å²) >= 11 is 0. The second kappa shape index (κ2) is 9.41. The number of amides is 1. The Labute approximate surface area is 172 Å². The van der Waals surface area contributed by atoms with E-state index in [0.717, 1.165) is 24.0 Å². The van der Waals surface area contributed by atoms with E-state index in [-0.39, 0.29) is 23.5 Å². The molecular formula is C22H28N2O4S. The van der Waals surface area contributed by atoms with Gasteiger partial charge in [-0.3, -0.25) is 9.10 Å². The molecule has 0 bridgehead atoms. The van der Waals surface area contributed by atoms with E-state index in [0.29, 0.717) is 25.3 Å². The van der Waals surface area contributed by atoms with Crippen molar-refractivity contribution in [2.24, 2.45) is 0 Å². The Morgan fingerprint density at radius 2 is 1.90 bits per heavy atom.